The first-order valence-corrected chi connectivity index (χ1v) is 9.14. The Hall–Kier alpha value is -0.390. The number of sulfonamides is 2. The van der Waals surface area contributed by atoms with Crippen LogP contribution in [0.2, 0.25) is 5.02 Å². The lowest BCUT2D eigenvalue weighted by Gasteiger charge is -2.10. The van der Waals surface area contributed by atoms with Gasteiger partial charge in [0.1, 0.15) is 0 Å². The van der Waals surface area contributed by atoms with E-state index in [4.69, 9.17) is 22.5 Å². The number of primary sulfonamides is 1. The normalized spacial score (nSPS) is 12.6. The van der Waals surface area contributed by atoms with E-state index in [9.17, 15) is 16.8 Å². The quantitative estimate of drug-likeness (QED) is 0.618. The molecular formula is C8H11BrClN3O4S2. The van der Waals surface area contributed by atoms with Crippen LogP contribution in [0.15, 0.2) is 21.5 Å². The average molecular weight is 393 g/mol. The summed E-state index contributed by atoms with van der Waals surface area (Å²) >= 11 is 8.76. The first-order valence-electron chi connectivity index (χ1n) is 4.77. The van der Waals surface area contributed by atoms with Gasteiger partial charge in [0.05, 0.1) is 15.1 Å². The van der Waals surface area contributed by atoms with E-state index < -0.39 is 25.8 Å². The van der Waals surface area contributed by atoms with Crippen molar-refractivity contribution in [3.05, 3.63) is 21.6 Å². The number of halogens is 2. The largest absolute Gasteiger partial charge is 0.398 e. The number of nitrogens with one attached hydrogen (secondary N) is 1. The molecule has 19 heavy (non-hydrogen) atoms. The third kappa shape index (κ3) is 4.89. The molecule has 11 heteroatoms. The maximum Gasteiger partial charge on any atom is 0.241 e. The van der Waals surface area contributed by atoms with E-state index in [1.54, 1.807) is 0 Å². The molecular weight excluding hydrogens is 382 g/mol. The fraction of sp³-hybridized carbons (Fsp3) is 0.250. The first kappa shape index (κ1) is 16.7. The molecule has 108 valence electrons. The van der Waals surface area contributed by atoms with Crippen molar-refractivity contribution in [1.82, 2.24) is 4.72 Å². The number of benzene rings is 1. The van der Waals surface area contributed by atoms with Crippen molar-refractivity contribution in [1.29, 1.82) is 0 Å². The molecule has 0 heterocycles. The van der Waals surface area contributed by atoms with E-state index in [2.05, 4.69) is 20.7 Å². The predicted molar refractivity (Wildman–Crippen MR) is 76.7 cm³/mol. The van der Waals surface area contributed by atoms with Gasteiger partial charge in [-0.1, -0.05) is 11.6 Å². The second kappa shape index (κ2) is 5.94. The summed E-state index contributed by atoms with van der Waals surface area (Å²) in [6.45, 7) is -0.347. The summed E-state index contributed by atoms with van der Waals surface area (Å²) in [4.78, 5) is -0.174. The first-order chi connectivity index (χ1) is 8.53. The maximum atomic E-state index is 12.0. The summed E-state index contributed by atoms with van der Waals surface area (Å²) < 4.78 is 47.6. The zero-order valence-electron chi connectivity index (χ0n) is 9.43. The highest BCUT2D eigenvalue weighted by molar-refractivity contribution is 9.10. The molecule has 1 rings (SSSR count). The molecule has 1 aromatic rings. The molecule has 0 saturated heterocycles. The van der Waals surface area contributed by atoms with Crippen LogP contribution >= 0.6 is 27.5 Å². The Kier molecular flexibility index (Phi) is 5.21. The van der Waals surface area contributed by atoms with Crippen molar-refractivity contribution in [3.8, 4) is 0 Å². The molecule has 0 aliphatic rings. The molecule has 0 aliphatic carbocycles. The van der Waals surface area contributed by atoms with Gasteiger partial charge < -0.3 is 5.73 Å². The van der Waals surface area contributed by atoms with Crippen molar-refractivity contribution in [2.45, 2.75) is 4.90 Å². The number of nitrogens with two attached hydrogens (primary N) is 2. The Morgan fingerprint density at radius 1 is 1.26 bits per heavy atom. The zero-order chi connectivity index (χ0) is 14.8. The Balaban J connectivity index is 3.02. The smallest absolute Gasteiger partial charge is 0.241 e. The second-order valence-electron chi connectivity index (χ2n) is 3.57. The van der Waals surface area contributed by atoms with E-state index in [0.29, 0.717) is 0 Å². The molecule has 0 unspecified atom stereocenters. The van der Waals surface area contributed by atoms with Crippen molar-refractivity contribution >= 4 is 53.3 Å². The van der Waals surface area contributed by atoms with Crippen LogP contribution in [0, 0.1) is 0 Å². The minimum atomic E-state index is -3.94. The van der Waals surface area contributed by atoms with E-state index >= 15 is 0 Å². The SMILES string of the molecule is Nc1cc(Cl)cc(S(=O)(=O)NCCS(N)(=O)=O)c1Br. The maximum absolute atomic E-state index is 12.0. The highest BCUT2D eigenvalue weighted by Crippen LogP contribution is 2.31. The van der Waals surface area contributed by atoms with Gasteiger partial charge in [0.25, 0.3) is 0 Å². The molecule has 1 aromatic carbocycles. The van der Waals surface area contributed by atoms with Crippen LogP contribution in [0.1, 0.15) is 0 Å². The molecule has 0 saturated carbocycles. The van der Waals surface area contributed by atoms with Gasteiger partial charge in [-0.25, -0.2) is 26.7 Å². The molecule has 0 amide bonds. The van der Waals surface area contributed by atoms with Crippen LogP contribution in [0.3, 0.4) is 0 Å². The zero-order valence-corrected chi connectivity index (χ0v) is 13.4. The molecule has 5 N–H and O–H groups in total. The molecule has 0 aromatic heterocycles. The number of nitrogen functional groups attached to an aromatic ring is 1. The number of rotatable bonds is 5. The van der Waals surface area contributed by atoms with Crippen LogP contribution < -0.4 is 15.6 Å². The van der Waals surface area contributed by atoms with E-state index in [0.717, 1.165) is 0 Å². The monoisotopic (exact) mass is 391 g/mol. The van der Waals surface area contributed by atoms with Gasteiger partial charge >= 0.3 is 0 Å². The summed E-state index contributed by atoms with van der Waals surface area (Å²) in [5.41, 5.74) is 5.73. The van der Waals surface area contributed by atoms with E-state index in [-0.39, 0.29) is 26.6 Å². The van der Waals surface area contributed by atoms with Crippen LogP contribution in [0.4, 0.5) is 5.69 Å². The van der Waals surface area contributed by atoms with Gasteiger partial charge in [0.15, 0.2) is 0 Å². The minimum absolute atomic E-state index is 0.146. The molecule has 0 radical (unpaired) electrons. The standard InChI is InChI=1S/C8H11BrClN3O4S2/c9-8-6(11)3-5(10)4-7(8)19(16,17)13-1-2-18(12,14)15/h3-4,13H,1-2,11H2,(H2,12,14,15). The number of hydrogen-bond acceptors (Lipinski definition) is 5. The van der Waals surface area contributed by atoms with Gasteiger partial charge in [0.2, 0.25) is 20.0 Å². The Labute approximate surface area is 124 Å². The van der Waals surface area contributed by atoms with Crippen molar-refractivity contribution in [3.63, 3.8) is 0 Å². The molecule has 0 spiro atoms. The van der Waals surface area contributed by atoms with Crippen molar-refractivity contribution in [2.24, 2.45) is 5.14 Å². The molecule has 0 atom stereocenters. The summed E-state index contributed by atoms with van der Waals surface area (Å²) in [7, 11) is -7.68. The second-order valence-corrected chi connectivity index (χ2v) is 8.27. The minimum Gasteiger partial charge on any atom is -0.398 e. The van der Waals surface area contributed by atoms with E-state index in [1.807, 2.05) is 0 Å². The predicted octanol–water partition coefficient (Wildman–Crippen LogP) is 0.252. The van der Waals surface area contributed by atoms with Crippen LogP contribution in [-0.4, -0.2) is 29.1 Å². The Bertz CT molecular complexity index is 690. The van der Waals surface area contributed by atoms with Gasteiger partial charge in [0, 0.05) is 17.3 Å². The van der Waals surface area contributed by atoms with Crippen molar-refractivity contribution < 1.29 is 16.8 Å². The lowest BCUT2D eigenvalue weighted by molar-refractivity contribution is 0.581. The van der Waals surface area contributed by atoms with Crippen molar-refractivity contribution in [2.75, 3.05) is 18.0 Å². The van der Waals surface area contributed by atoms with Crippen LogP contribution in [-0.2, 0) is 20.0 Å². The lowest BCUT2D eigenvalue weighted by Crippen LogP contribution is -2.31. The van der Waals surface area contributed by atoms with Gasteiger partial charge in [-0.15, -0.1) is 0 Å². The fourth-order valence-corrected chi connectivity index (χ4v) is 4.01. The highest BCUT2D eigenvalue weighted by Gasteiger charge is 2.20. The molecule has 7 nitrogen and oxygen atoms in total. The lowest BCUT2D eigenvalue weighted by atomic mass is 10.3. The summed E-state index contributed by atoms with van der Waals surface area (Å²) in [6, 6.07) is 2.58. The Morgan fingerprint density at radius 3 is 2.37 bits per heavy atom. The third-order valence-corrected chi connectivity index (χ3v) is 5.62. The average Bonchev–Trinajstić information content (AvgIpc) is 2.20. The van der Waals surface area contributed by atoms with Gasteiger partial charge in [-0.05, 0) is 28.1 Å². The van der Waals surface area contributed by atoms with Gasteiger partial charge in [-0.2, -0.15) is 0 Å². The van der Waals surface area contributed by atoms with Crippen LogP contribution in [0.5, 0.6) is 0 Å². The Morgan fingerprint density at radius 2 is 1.84 bits per heavy atom. The summed E-state index contributed by atoms with van der Waals surface area (Å²) in [5.74, 6) is -0.514. The topological polar surface area (TPSA) is 132 Å². The number of anilines is 1. The summed E-state index contributed by atoms with van der Waals surface area (Å²) in [5, 5.41) is 4.91. The third-order valence-electron chi connectivity index (χ3n) is 2.00. The molecule has 0 fully saturated rings. The summed E-state index contributed by atoms with van der Waals surface area (Å²) in [6.07, 6.45) is 0. The molecule has 0 aliphatic heterocycles. The van der Waals surface area contributed by atoms with Crippen LogP contribution in [0.25, 0.3) is 0 Å². The van der Waals surface area contributed by atoms with E-state index in [1.165, 1.54) is 12.1 Å². The highest BCUT2D eigenvalue weighted by atomic mass is 79.9. The number of hydrogen-bond donors (Lipinski definition) is 3. The fourth-order valence-electron chi connectivity index (χ4n) is 1.18. The van der Waals surface area contributed by atoms with Gasteiger partial charge in [-0.3, -0.25) is 0 Å². The molecule has 0 bridgehead atoms.